The molecule has 0 amide bonds. The van der Waals surface area contributed by atoms with Gasteiger partial charge in [0.25, 0.3) is 0 Å². The summed E-state index contributed by atoms with van der Waals surface area (Å²) in [6, 6.07) is 0. The Morgan fingerprint density at radius 1 is 0.714 bits per heavy atom. The normalized spacial score (nSPS) is 15.4. The maximum atomic E-state index is 2.43. The van der Waals surface area contributed by atoms with Gasteiger partial charge in [-0.25, -0.2) is 0 Å². The zero-order valence-electron chi connectivity index (χ0n) is 10.8. The first-order chi connectivity index (χ1) is 6.70. The second-order valence-electron chi connectivity index (χ2n) is 5.08. The SMILES string of the molecule is CCCCCC(C)CC(C)CCCC. The minimum Gasteiger partial charge on any atom is -0.0654 e. The lowest BCUT2D eigenvalue weighted by molar-refractivity contribution is 0.361. The van der Waals surface area contributed by atoms with E-state index in [-0.39, 0.29) is 0 Å². The van der Waals surface area contributed by atoms with Crippen molar-refractivity contribution in [3.05, 3.63) is 0 Å². The summed E-state index contributed by atoms with van der Waals surface area (Å²) in [6.07, 6.45) is 11.3. The van der Waals surface area contributed by atoms with Crippen LogP contribution in [0, 0.1) is 11.8 Å². The lowest BCUT2D eigenvalue weighted by Crippen LogP contribution is -2.03. The van der Waals surface area contributed by atoms with Gasteiger partial charge in [-0.3, -0.25) is 0 Å². The van der Waals surface area contributed by atoms with Crippen LogP contribution in [0.15, 0.2) is 0 Å². The number of unbranched alkanes of at least 4 members (excludes halogenated alkanes) is 3. The van der Waals surface area contributed by atoms with E-state index in [9.17, 15) is 0 Å². The first-order valence-electron chi connectivity index (χ1n) is 6.70. The van der Waals surface area contributed by atoms with Gasteiger partial charge in [-0.2, -0.15) is 0 Å². The van der Waals surface area contributed by atoms with Crippen LogP contribution in [0.4, 0.5) is 0 Å². The van der Waals surface area contributed by atoms with Gasteiger partial charge in [0.15, 0.2) is 0 Å². The third-order valence-electron chi connectivity index (χ3n) is 3.16. The van der Waals surface area contributed by atoms with Crippen molar-refractivity contribution in [1.82, 2.24) is 0 Å². The zero-order chi connectivity index (χ0) is 10.8. The second kappa shape index (κ2) is 9.55. The van der Waals surface area contributed by atoms with Gasteiger partial charge in [-0.15, -0.1) is 0 Å². The van der Waals surface area contributed by atoms with E-state index in [4.69, 9.17) is 0 Å². The van der Waals surface area contributed by atoms with Crippen molar-refractivity contribution in [2.75, 3.05) is 0 Å². The monoisotopic (exact) mass is 198 g/mol. The largest absolute Gasteiger partial charge is 0.0654 e. The highest BCUT2D eigenvalue weighted by Gasteiger charge is 2.07. The van der Waals surface area contributed by atoms with Gasteiger partial charge >= 0.3 is 0 Å². The average Bonchev–Trinajstić information content (AvgIpc) is 2.15. The highest BCUT2D eigenvalue weighted by molar-refractivity contribution is 4.60. The lowest BCUT2D eigenvalue weighted by atomic mass is 9.90. The summed E-state index contributed by atoms with van der Waals surface area (Å²) >= 11 is 0. The molecule has 0 aliphatic rings. The molecule has 0 rings (SSSR count). The molecule has 0 saturated carbocycles. The maximum Gasteiger partial charge on any atom is -0.0440 e. The quantitative estimate of drug-likeness (QED) is 0.434. The van der Waals surface area contributed by atoms with Crippen LogP contribution in [-0.2, 0) is 0 Å². The Hall–Kier alpha value is 0. The molecule has 14 heavy (non-hydrogen) atoms. The molecule has 0 bridgehead atoms. The molecule has 0 spiro atoms. The molecular weight excluding hydrogens is 168 g/mol. The van der Waals surface area contributed by atoms with Gasteiger partial charge in [-0.1, -0.05) is 72.6 Å². The van der Waals surface area contributed by atoms with Crippen molar-refractivity contribution in [1.29, 1.82) is 0 Å². The average molecular weight is 198 g/mol. The van der Waals surface area contributed by atoms with Crippen LogP contribution in [0.2, 0.25) is 0 Å². The summed E-state index contributed by atoms with van der Waals surface area (Å²) in [7, 11) is 0. The van der Waals surface area contributed by atoms with Crippen molar-refractivity contribution < 1.29 is 0 Å². The summed E-state index contributed by atoms with van der Waals surface area (Å²) in [5.41, 5.74) is 0. The minimum absolute atomic E-state index is 0.951. The van der Waals surface area contributed by atoms with Crippen molar-refractivity contribution >= 4 is 0 Å². The van der Waals surface area contributed by atoms with E-state index in [0.717, 1.165) is 11.8 Å². The van der Waals surface area contributed by atoms with Crippen LogP contribution in [0.1, 0.15) is 79.1 Å². The third-order valence-corrected chi connectivity index (χ3v) is 3.16. The molecule has 0 radical (unpaired) electrons. The highest BCUT2D eigenvalue weighted by atomic mass is 14.1. The Kier molecular flexibility index (Phi) is 9.55. The van der Waals surface area contributed by atoms with Crippen molar-refractivity contribution in [2.24, 2.45) is 11.8 Å². The summed E-state index contributed by atoms with van der Waals surface area (Å²) in [4.78, 5) is 0. The molecule has 0 saturated heterocycles. The highest BCUT2D eigenvalue weighted by Crippen LogP contribution is 2.21. The standard InChI is InChI=1S/C14H30/c1-5-7-9-11-14(4)12-13(3)10-8-6-2/h13-14H,5-12H2,1-4H3. The summed E-state index contributed by atoms with van der Waals surface area (Å²) in [6.45, 7) is 9.43. The van der Waals surface area contributed by atoms with E-state index in [1.165, 1.54) is 51.4 Å². The lowest BCUT2D eigenvalue weighted by Gasteiger charge is -2.16. The molecule has 0 aromatic carbocycles. The number of hydrogen-bond donors (Lipinski definition) is 0. The van der Waals surface area contributed by atoms with E-state index in [0.29, 0.717) is 0 Å². The first kappa shape index (κ1) is 14.0. The smallest absolute Gasteiger partial charge is 0.0440 e. The van der Waals surface area contributed by atoms with Gasteiger partial charge in [0.1, 0.15) is 0 Å². The first-order valence-corrected chi connectivity index (χ1v) is 6.70. The van der Waals surface area contributed by atoms with Gasteiger partial charge in [0.05, 0.1) is 0 Å². The second-order valence-corrected chi connectivity index (χ2v) is 5.08. The molecule has 0 aromatic rings. The van der Waals surface area contributed by atoms with Gasteiger partial charge in [0, 0.05) is 0 Å². The number of rotatable bonds is 9. The summed E-state index contributed by atoms with van der Waals surface area (Å²) in [5.74, 6) is 1.90. The van der Waals surface area contributed by atoms with Gasteiger partial charge in [-0.05, 0) is 18.3 Å². The van der Waals surface area contributed by atoms with E-state index in [1.54, 1.807) is 0 Å². The Labute approximate surface area is 91.5 Å². The molecule has 0 heteroatoms. The predicted octanol–water partition coefficient (Wildman–Crippen LogP) is 5.42. The summed E-state index contributed by atoms with van der Waals surface area (Å²) in [5, 5.41) is 0. The molecule has 0 aliphatic carbocycles. The topological polar surface area (TPSA) is 0 Å². The molecule has 0 aliphatic heterocycles. The van der Waals surface area contributed by atoms with Gasteiger partial charge in [0.2, 0.25) is 0 Å². The Balaban J connectivity index is 3.35. The van der Waals surface area contributed by atoms with Crippen molar-refractivity contribution in [3.8, 4) is 0 Å². The molecule has 2 unspecified atom stereocenters. The third kappa shape index (κ3) is 8.59. The zero-order valence-corrected chi connectivity index (χ0v) is 10.8. The fourth-order valence-electron chi connectivity index (χ4n) is 2.22. The molecule has 0 fully saturated rings. The predicted molar refractivity (Wildman–Crippen MR) is 66.6 cm³/mol. The Morgan fingerprint density at radius 2 is 1.21 bits per heavy atom. The van der Waals surface area contributed by atoms with Crippen LogP contribution in [0.3, 0.4) is 0 Å². The van der Waals surface area contributed by atoms with Crippen LogP contribution in [0.25, 0.3) is 0 Å². The molecular formula is C14H30. The maximum absolute atomic E-state index is 2.43. The Bertz CT molecular complexity index is 107. The van der Waals surface area contributed by atoms with Crippen molar-refractivity contribution in [2.45, 2.75) is 79.1 Å². The van der Waals surface area contributed by atoms with Crippen LogP contribution >= 0.6 is 0 Å². The van der Waals surface area contributed by atoms with Crippen LogP contribution in [0.5, 0.6) is 0 Å². The van der Waals surface area contributed by atoms with E-state index < -0.39 is 0 Å². The van der Waals surface area contributed by atoms with Crippen molar-refractivity contribution in [3.63, 3.8) is 0 Å². The fourth-order valence-corrected chi connectivity index (χ4v) is 2.22. The van der Waals surface area contributed by atoms with Gasteiger partial charge < -0.3 is 0 Å². The summed E-state index contributed by atoms with van der Waals surface area (Å²) < 4.78 is 0. The number of hydrogen-bond acceptors (Lipinski definition) is 0. The molecule has 0 heterocycles. The molecule has 86 valence electrons. The molecule has 0 N–H and O–H groups in total. The minimum atomic E-state index is 0.951. The Morgan fingerprint density at radius 3 is 1.71 bits per heavy atom. The molecule has 0 aromatic heterocycles. The van der Waals surface area contributed by atoms with E-state index in [2.05, 4.69) is 27.7 Å². The van der Waals surface area contributed by atoms with E-state index >= 15 is 0 Å². The molecule has 0 nitrogen and oxygen atoms in total. The van der Waals surface area contributed by atoms with E-state index in [1.807, 2.05) is 0 Å². The van der Waals surface area contributed by atoms with Crippen LogP contribution < -0.4 is 0 Å². The molecule has 2 atom stereocenters. The van der Waals surface area contributed by atoms with Crippen LogP contribution in [-0.4, -0.2) is 0 Å². The fraction of sp³-hybridized carbons (Fsp3) is 1.00.